The van der Waals surface area contributed by atoms with Crippen LogP contribution in [-0.2, 0) is 9.84 Å². The molecule has 3 aromatic rings. The second-order valence-corrected chi connectivity index (χ2v) is 9.42. The lowest BCUT2D eigenvalue weighted by Gasteiger charge is -2.31. The van der Waals surface area contributed by atoms with Gasteiger partial charge in [-0.3, -0.25) is 0 Å². The topological polar surface area (TPSA) is 77.2 Å². The molecule has 3 heterocycles. The Hall–Kier alpha value is -2.22. The molecule has 28 heavy (non-hydrogen) atoms. The lowest BCUT2D eigenvalue weighted by molar-refractivity contribution is 0.507. The van der Waals surface area contributed by atoms with Crippen molar-refractivity contribution in [3.05, 3.63) is 70.0 Å². The number of fused-ring (bicyclic) bond motifs is 1. The van der Waals surface area contributed by atoms with E-state index in [1.165, 1.54) is 12.3 Å². The standard InChI is InChI=1S/C19H16Cl2N4O2S/c1-11-9-16-23-12(2)19(28(26,27)17-5-3-4-8-22-17)18(25(16)24-11)13-6-7-14(20)15(21)10-13/h3-10,18-19H,1-2H3. The fraction of sp³-hybridized carbons (Fsp3) is 0.211. The van der Waals surface area contributed by atoms with Gasteiger partial charge in [-0.05, 0) is 43.7 Å². The predicted molar refractivity (Wildman–Crippen MR) is 110 cm³/mol. The molecule has 4 rings (SSSR count). The molecule has 0 saturated heterocycles. The lowest BCUT2D eigenvalue weighted by Crippen LogP contribution is -2.41. The highest BCUT2D eigenvalue weighted by Crippen LogP contribution is 2.39. The summed E-state index contributed by atoms with van der Waals surface area (Å²) in [5.41, 5.74) is 1.89. The summed E-state index contributed by atoms with van der Waals surface area (Å²) < 4.78 is 28.6. The van der Waals surface area contributed by atoms with E-state index in [2.05, 4.69) is 15.1 Å². The maximum absolute atomic E-state index is 13.5. The molecule has 2 unspecified atom stereocenters. The van der Waals surface area contributed by atoms with Crippen LogP contribution in [0.4, 0.5) is 5.82 Å². The molecule has 9 heteroatoms. The zero-order valence-corrected chi connectivity index (χ0v) is 17.4. The molecular weight excluding hydrogens is 419 g/mol. The summed E-state index contributed by atoms with van der Waals surface area (Å²) in [7, 11) is -3.84. The van der Waals surface area contributed by atoms with Crippen molar-refractivity contribution in [3.63, 3.8) is 0 Å². The lowest BCUT2D eigenvalue weighted by atomic mass is 9.99. The van der Waals surface area contributed by atoms with Crippen molar-refractivity contribution >= 4 is 44.6 Å². The van der Waals surface area contributed by atoms with E-state index in [-0.39, 0.29) is 5.03 Å². The van der Waals surface area contributed by atoms with Gasteiger partial charge in [0.15, 0.2) is 10.8 Å². The number of pyridine rings is 1. The molecule has 1 aliphatic rings. The van der Waals surface area contributed by atoms with E-state index in [0.29, 0.717) is 27.1 Å². The number of halogens is 2. The minimum atomic E-state index is -3.84. The molecule has 0 N–H and O–H groups in total. The molecule has 0 spiro atoms. The van der Waals surface area contributed by atoms with Crippen LogP contribution < -0.4 is 0 Å². The number of sulfone groups is 1. The van der Waals surface area contributed by atoms with Gasteiger partial charge in [-0.25, -0.2) is 23.1 Å². The van der Waals surface area contributed by atoms with Crippen LogP contribution in [0.3, 0.4) is 0 Å². The van der Waals surface area contributed by atoms with Gasteiger partial charge in [0, 0.05) is 18.0 Å². The maximum atomic E-state index is 13.5. The number of aryl methyl sites for hydroxylation is 1. The number of hydrogen-bond donors (Lipinski definition) is 0. The molecule has 1 aromatic carbocycles. The molecule has 144 valence electrons. The van der Waals surface area contributed by atoms with Crippen LogP contribution in [0.2, 0.25) is 10.0 Å². The fourth-order valence-corrected chi connectivity index (χ4v) is 5.60. The third-order valence-electron chi connectivity index (χ3n) is 4.64. The normalized spacial score (nSPS) is 19.2. The van der Waals surface area contributed by atoms with Crippen molar-refractivity contribution in [2.45, 2.75) is 30.2 Å². The summed E-state index contributed by atoms with van der Waals surface area (Å²) in [5.74, 6) is 0.596. The molecule has 0 aliphatic carbocycles. The number of hydrogen-bond acceptors (Lipinski definition) is 5. The van der Waals surface area contributed by atoms with E-state index < -0.39 is 21.1 Å². The van der Waals surface area contributed by atoms with E-state index in [9.17, 15) is 8.42 Å². The summed E-state index contributed by atoms with van der Waals surface area (Å²) in [6, 6.07) is 11.1. The molecular formula is C19H16Cl2N4O2S. The smallest absolute Gasteiger partial charge is 0.206 e. The summed E-state index contributed by atoms with van der Waals surface area (Å²) in [6.07, 6.45) is 1.46. The SMILES string of the molecule is CC1=Nc2cc(C)nn2C(c2ccc(Cl)c(Cl)c2)C1S(=O)(=O)c1ccccn1. The van der Waals surface area contributed by atoms with Crippen LogP contribution in [0.15, 0.2) is 58.7 Å². The minimum Gasteiger partial charge on any atom is -0.245 e. The van der Waals surface area contributed by atoms with E-state index in [1.54, 1.807) is 41.9 Å². The Labute approximate surface area is 172 Å². The van der Waals surface area contributed by atoms with Crippen molar-refractivity contribution in [1.82, 2.24) is 14.8 Å². The first-order valence-electron chi connectivity index (χ1n) is 8.50. The third kappa shape index (κ3) is 3.13. The second-order valence-electron chi connectivity index (χ2n) is 6.59. The molecule has 0 bridgehead atoms. The molecule has 0 radical (unpaired) electrons. The van der Waals surface area contributed by atoms with Crippen LogP contribution >= 0.6 is 23.2 Å². The van der Waals surface area contributed by atoms with Crippen molar-refractivity contribution < 1.29 is 8.42 Å². The zero-order chi connectivity index (χ0) is 20.1. The number of nitrogens with zero attached hydrogens (tertiary/aromatic N) is 4. The predicted octanol–water partition coefficient (Wildman–Crippen LogP) is 4.43. The molecule has 6 nitrogen and oxygen atoms in total. The van der Waals surface area contributed by atoms with Crippen LogP contribution in [0, 0.1) is 6.92 Å². The average molecular weight is 435 g/mol. The second kappa shape index (κ2) is 6.99. The van der Waals surface area contributed by atoms with Gasteiger partial charge in [-0.1, -0.05) is 35.3 Å². The average Bonchev–Trinajstić information content (AvgIpc) is 3.03. The van der Waals surface area contributed by atoms with Crippen molar-refractivity contribution in [1.29, 1.82) is 0 Å². The van der Waals surface area contributed by atoms with Gasteiger partial charge in [-0.15, -0.1) is 0 Å². The fourth-order valence-electron chi connectivity index (χ4n) is 3.44. The van der Waals surface area contributed by atoms with E-state index in [0.717, 1.165) is 5.69 Å². The summed E-state index contributed by atoms with van der Waals surface area (Å²) in [4.78, 5) is 8.57. The van der Waals surface area contributed by atoms with E-state index in [4.69, 9.17) is 23.2 Å². The van der Waals surface area contributed by atoms with Crippen LogP contribution in [0.25, 0.3) is 0 Å². The molecule has 0 saturated carbocycles. The Morgan fingerprint density at radius 1 is 1.04 bits per heavy atom. The van der Waals surface area contributed by atoms with Gasteiger partial charge in [0.1, 0.15) is 11.3 Å². The van der Waals surface area contributed by atoms with Crippen LogP contribution in [0.1, 0.15) is 24.2 Å². The minimum absolute atomic E-state index is 0.00746. The van der Waals surface area contributed by atoms with Crippen LogP contribution in [0.5, 0.6) is 0 Å². The first kappa shape index (κ1) is 19.1. The van der Waals surface area contributed by atoms with Gasteiger partial charge in [0.25, 0.3) is 0 Å². The Morgan fingerprint density at radius 3 is 2.50 bits per heavy atom. The number of benzene rings is 1. The molecule has 2 aromatic heterocycles. The van der Waals surface area contributed by atoms with Crippen molar-refractivity contribution in [2.75, 3.05) is 0 Å². The van der Waals surface area contributed by atoms with E-state index >= 15 is 0 Å². The van der Waals surface area contributed by atoms with Gasteiger partial charge in [0.05, 0.1) is 15.7 Å². The Kier molecular flexibility index (Phi) is 4.77. The molecule has 2 atom stereocenters. The molecule has 1 aliphatic heterocycles. The van der Waals surface area contributed by atoms with Gasteiger partial charge in [-0.2, -0.15) is 5.10 Å². The molecule has 0 fully saturated rings. The first-order valence-corrected chi connectivity index (χ1v) is 10.8. The van der Waals surface area contributed by atoms with Crippen molar-refractivity contribution in [3.8, 4) is 0 Å². The monoisotopic (exact) mass is 434 g/mol. The number of aliphatic imine (C=N–C) groups is 1. The maximum Gasteiger partial charge on any atom is 0.206 e. The largest absolute Gasteiger partial charge is 0.245 e. The zero-order valence-electron chi connectivity index (χ0n) is 15.0. The Balaban J connectivity index is 1.96. The first-order chi connectivity index (χ1) is 13.3. The highest BCUT2D eigenvalue weighted by atomic mass is 35.5. The highest BCUT2D eigenvalue weighted by Gasteiger charge is 2.43. The van der Waals surface area contributed by atoms with Gasteiger partial charge >= 0.3 is 0 Å². The quantitative estimate of drug-likeness (QED) is 0.610. The van der Waals surface area contributed by atoms with Gasteiger partial charge < -0.3 is 0 Å². The summed E-state index contributed by atoms with van der Waals surface area (Å²) in [5, 5.41) is 4.26. The Morgan fingerprint density at radius 2 is 1.82 bits per heavy atom. The number of rotatable bonds is 3. The Bertz CT molecular complexity index is 1190. The van der Waals surface area contributed by atoms with E-state index in [1.807, 2.05) is 13.0 Å². The van der Waals surface area contributed by atoms with Gasteiger partial charge in [0.2, 0.25) is 9.84 Å². The molecule has 0 amide bonds. The summed E-state index contributed by atoms with van der Waals surface area (Å²) in [6.45, 7) is 3.55. The highest BCUT2D eigenvalue weighted by molar-refractivity contribution is 7.92. The third-order valence-corrected chi connectivity index (χ3v) is 7.47. The number of aromatic nitrogens is 3. The van der Waals surface area contributed by atoms with Crippen LogP contribution in [-0.4, -0.2) is 34.1 Å². The summed E-state index contributed by atoms with van der Waals surface area (Å²) >= 11 is 12.3. The van der Waals surface area contributed by atoms with Crippen molar-refractivity contribution in [2.24, 2.45) is 4.99 Å².